The third-order valence-corrected chi connectivity index (χ3v) is 10.4. The second kappa shape index (κ2) is 8.73. The zero-order chi connectivity index (χ0) is 24.1. The number of nitrogens with zero attached hydrogens (tertiary/aromatic N) is 1. The van der Waals surface area contributed by atoms with Crippen molar-refractivity contribution in [3.8, 4) is 11.3 Å². The van der Waals surface area contributed by atoms with Crippen molar-refractivity contribution in [3.05, 3.63) is 82.3 Å². The molecule has 176 valence electrons. The lowest BCUT2D eigenvalue weighted by Gasteiger charge is -2.19. The molecule has 0 radical (unpaired) electrons. The SMILES string of the molecule is C[S@@](=N)(=O)c1ccnc(-c2cccc3cc(C(NS(=O)(=O)C4CC4)c4ccccc4Cl)sc23)c1. The van der Waals surface area contributed by atoms with Crippen LogP contribution in [0.2, 0.25) is 5.02 Å². The number of hydrogen-bond acceptors (Lipinski definition) is 6. The summed E-state index contributed by atoms with van der Waals surface area (Å²) in [5.41, 5.74) is 2.15. The van der Waals surface area contributed by atoms with Crippen molar-refractivity contribution in [2.45, 2.75) is 29.0 Å². The predicted molar refractivity (Wildman–Crippen MR) is 138 cm³/mol. The van der Waals surface area contributed by atoms with Crippen molar-refractivity contribution in [1.82, 2.24) is 9.71 Å². The minimum atomic E-state index is -3.49. The average molecular weight is 532 g/mol. The number of benzene rings is 2. The molecule has 1 aliphatic rings. The number of halogens is 1. The van der Waals surface area contributed by atoms with E-state index < -0.39 is 25.8 Å². The quantitative estimate of drug-likeness (QED) is 0.313. The van der Waals surface area contributed by atoms with Gasteiger partial charge in [0.1, 0.15) is 0 Å². The van der Waals surface area contributed by atoms with Crippen LogP contribution in [-0.2, 0) is 19.8 Å². The number of fused-ring (bicyclic) bond motifs is 1. The first kappa shape index (κ1) is 23.4. The van der Waals surface area contributed by atoms with E-state index in [1.807, 2.05) is 42.5 Å². The molecule has 10 heteroatoms. The van der Waals surface area contributed by atoms with Gasteiger partial charge < -0.3 is 0 Å². The second-order valence-corrected chi connectivity index (χ2v) is 14.1. The molecule has 1 saturated carbocycles. The van der Waals surface area contributed by atoms with E-state index in [1.165, 1.54) is 17.6 Å². The van der Waals surface area contributed by atoms with Gasteiger partial charge in [0.15, 0.2) is 0 Å². The lowest BCUT2D eigenvalue weighted by molar-refractivity contribution is 0.572. The van der Waals surface area contributed by atoms with E-state index in [0.717, 1.165) is 20.5 Å². The summed E-state index contributed by atoms with van der Waals surface area (Å²) in [6, 6.07) is 17.7. The second-order valence-electron chi connectivity index (χ2n) is 8.41. The Morgan fingerprint density at radius 2 is 1.85 bits per heavy atom. The van der Waals surface area contributed by atoms with Gasteiger partial charge in [-0.2, -0.15) is 0 Å². The van der Waals surface area contributed by atoms with Crippen LogP contribution in [0.1, 0.15) is 29.3 Å². The van der Waals surface area contributed by atoms with Crippen molar-refractivity contribution in [2.24, 2.45) is 0 Å². The lowest BCUT2D eigenvalue weighted by atomic mass is 10.0. The Hall–Kier alpha value is -2.30. The van der Waals surface area contributed by atoms with Crippen LogP contribution in [0.25, 0.3) is 21.3 Å². The molecule has 0 saturated heterocycles. The van der Waals surface area contributed by atoms with Gasteiger partial charge in [0.05, 0.1) is 31.6 Å². The van der Waals surface area contributed by atoms with Crippen LogP contribution >= 0.6 is 22.9 Å². The highest BCUT2D eigenvalue weighted by Gasteiger charge is 2.38. The molecule has 2 N–H and O–H groups in total. The molecule has 2 heterocycles. The van der Waals surface area contributed by atoms with Crippen LogP contribution in [-0.4, -0.2) is 29.1 Å². The Kier molecular flexibility index (Phi) is 6.02. The fraction of sp³-hybridized carbons (Fsp3) is 0.208. The largest absolute Gasteiger partial charge is 0.256 e. The Labute approximate surface area is 208 Å². The average Bonchev–Trinajstić information content (AvgIpc) is 3.57. The Morgan fingerprint density at radius 3 is 2.56 bits per heavy atom. The summed E-state index contributed by atoms with van der Waals surface area (Å²) in [5.74, 6) is 0. The first-order chi connectivity index (χ1) is 16.1. The normalized spacial score (nSPS) is 16.9. The van der Waals surface area contributed by atoms with E-state index in [0.29, 0.717) is 34.0 Å². The summed E-state index contributed by atoms with van der Waals surface area (Å²) in [5, 5.41) is 1.07. The molecule has 2 aromatic carbocycles. The molecule has 5 rings (SSSR count). The first-order valence-electron chi connectivity index (χ1n) is 10.6. The lowest BCUT2D eigenvalue weighted by Crippen LogP contribution is -2.31. The molecule has 2 atom stereocenters. The topological polar surface area (TPSA) is 100.0 Å². The van der Waals surface area contributed by atoms with E-state index in [4.69, 9.17) is 16.4 Å². The fourth-order valence-corrected chi connectivity index (χ4v) is 7.61. The van der Waals surface area contributed by atoms with Gasteiger partial charge in [-0.25, -0.2) is 22.1 Å². The molecule has 0 aliphatic heterocycles. The number of thiophene rings is 1. The minimum absolute atomic E-state index is 0.358. The summed E-state index contributed by atoms with van der Waals surface area (Å²) in [4.78, 5) is 5.69. The monoisotopic (exact) mass is 531 g/mol. The summed E-state index contributed by atoms with van der Waals surface area (Å²) < 4.78 is 49.8. The summed E-state index contributed by atoms with van der Waals surface area (Å²) in [6.07, 6.45) is 4.28. The van der Waals surface area contributed by atoms with E-state index in [1.54, 1.807) is 24.4 Å². The van der Waals surface area contributed by atoms with Gasteiger partial charge in [-0.3, -0.25) is 4.98 Å². The van der Waals surface area contributed by atoms with Crippen molar-refractivity contribution < 1.29 is 12.6 Å². The third kappa shape index (κ3) is 4.63. The number of pyridine rings is 1. The Balaban J connectivity index is 1.65. The minimum Gasteiger partial charge on any atom is -0.256 e. The maximum Gasteiger partial charge on any atom is 0.215 e. The molecule has 6 nitrogen and oxygen atoms in total. The van der Waals surface area contributed by atoms with E-state index >= 15 is 0 Å². The van der Waals surface area contributed by atoms with Crippen LogP contribution in [0.3, 0.4) is 0 Å². The molecule has 1 unspecified atom stereocenters. The van der Waals surface area contributed by atoms with Crippen molar-refractivity contribution in [2.75, 3.05) is 6.26 Å². The molecular weight excluding hydrogens is 510 g/mol. The van der Waals surface area contributed by atoms with Gasteiger partial charge in [0, 0.05) is 32.6 Å². The number of hydrogen-bond donors (Lipinski definition) is 2. The van der Waals surface area contributed by atoms with Gasteiger partial charge in [-0.1, -0.05) is 48.0 Å². The number of aromatic nitrogens is 1. The number of sulfonamides is 1. The smallest absolute Gasteiger partial charge is 0.215 e. The highest BCUT2D eigenvalue weighted by molar-refractivity contribution is 7.91. The van der Waals surface area contributed by atoms with Crippen molar-refractivity contribution in [3.63, 3.8) is 0 Å². The molecule has 1 fully saturated rings. The first-order valence-corrected chi connectivity index (χ1v) is 15.3. The molecule has 4 aromatic rings. The van der Waals surface area contributed by atoms with E-state index in [9.17, 15) is 12.6 Å². The fourth-order valence-electron chi connectivity index (χ4n) is 3.85. The molecule has 0 spiro atoms. The standard InChI is InChI=1S/C24H22ClN3O3S3/c1-33(26,29)17-11-12-27-21(14-17)19-7-4-5-15-13-22(32-24(15)19)23(18-6-2-3-8-20(18)25)28-34(30,31)16-9-10-16/h2-8,11-14,16,23,26,28H,9-10H2,1H3/t23?,33-/m1/s1. The summed E-state index contributed by atoms with van der Waals surface area (Å²) in [7, 11) is -6.37. The van der Waals surface area contributed by atoms with E-state index in [-0.39, 0.29) is 5.25 Å². The predicted octanol–water partition coefficient (Wildman–Crippen LogP) is 5.82. The molecule has 0 bridgehead atoms. The maximum absolute atomic E-state index is 12.9. The van der Waals surface area contributed by atoms with Gasteiger partial charge in [0.25, 0.3) is 0 Å². The van der Waals surface area contributed by atoms with Gasteiger partial charge in [-0.15, -0.1) is 11.3 Å². The van der Waals surface area contributed by atoms with Crippen LogP contribution in [0, 0.1) is 4.78 Å². The molecular formula is C24H22ClN3O3S3. The van der Waals surface area contributed by atoms with Crippen LogP contribution in [0.5, 0.6) is 0 Å². The molecule has 34 heavy (non-hydrogen) atoms. The van der Waals surface area contributed by atoms with Crippen LogP contribution in [0.15, 0.2) is 71.8 Å². The number of nitrogens with one attached hydrogen (secondary N) is 2. The Bertz CT molecular complexity index is 1610. The Morgan fingerprint density at radius 1 is 1.09 bits per heavy atom. The summed E-state index contributed by atoms with van der Waals surface area (Å²) >= 11 is 7.97. The highest BCUT2D eigenvalue weighted by atomic mass is 35.5. The zero-order valence-electron chi connectivity index (χ0n) is 18.2. The summed E-state index contributed by atoms with van der Waals surface area (Å²) in [6.45, 7) is 0. The zero-order valence-corrected chi connectivity index (χ0v) is 21.4. The highest BCUT2D eigenvalue weighted by Crippen LogP contribution is 2.41. The van der Waals surface area contributed by atoms with Crippen LogP contribution in [0.4, 0.5) is 0 Å². The third-order valence-electron chi connectivity index (χ3n) is 5.77. The van der Waals surface area contributed by atoms with Gasteiger partial charge >= 0.3 is 0 Å². The molecule has 0 amide bonds. The maximum atomic E-state index is 12.9. The van der Waals surface area contributed by atoms with E-state index in [2.05, 4.69) is 9.71 Å². The van der Waals surface area contributed by atoms with Gasteiger partial charge in [0.2, 0.25) is 10.0 Å². The van der Waals surface area contributed by atoms with Crippen LogP contribution < -0.4 is 4.72 Å². The van der Waals surface area contributed by atoms with Crippen molar-refractivity contribution >= 4 is 52.8 Å². The van der Waals surface area contributed by atoms with Crippen molar-refractivity contribution in [1.29, 1.82) is 4.78 Å². The molecule has 1 aliphatic carbocycles. The molecule has 2 aromatic heterocycles. The van der Waals surface area contributed by atoms with Gasteiger partial charge in [-0.05, 0) is 48.1 Å². The number of rotatable bonds is 7.